The number of benzene rings is 1. The minimum atomic E-state index is -3.25. The molecule has 0 spiro atoms. The van der Waals surface area contributed by atoms with Gasteiger partial charge in [-0.15, -0.1) is 12.6 Å². The first-order valence-corrected chi connectivity index (χ1v) is 17.9. The van der Waals surface area contributed by atoms with Crippen LogP contribution in [-0.2, 0) is 26.6 Å². The predicted octanol–water partition coefficient (Wildman–Crippen LogP) is 5.66. The lowest BCUT2D eigenvalue weighted by atomic mass is 10.0. The van der Waals surface area contributed by atoms with E-state index in [4.69, 9.17) is 39.2 Å². The van der Waals surface area contributed by atoms with Crippen molar-refractivity contribution in [1.82, 2.24) is 0 Å². The predicted molar refractivity (Wildman–Crippen MR) is 161 cm³/mol. The van der Waals surface area contributed by atoms with Gasteiger partial charge in [-0.25, -0.2) is 0 Å². The summed E-state index contributed by atoms with van der Waals surface area (Å²) >= 11 is 9.67. The van der Waals surface area contributed by atoms with E-state index < -0.39 is 22.0 Å². The molecule has 0 bridgehead atoms. The van der Waals surface area contributed by atoms with Crippen molar-refractivity contribution in [3.63, 3.8) is 0 Å². The van der Waals surface area contributed by atoms with Crippen LogP contribution in [0.3, 0.4) is 0 Å². The zero-order valence-electron chi connectivity index (χ0n) is 23.7. The second kappa shape index (κ2) is 11.5. The van der Waals surface area contributed by atoms with E-state index in [0.29, 0.717) is 19.6 Å². The maximum absolute atomic E-state index is 6.72. The Bertz CT molecular complexity index is 1050. The first-order chi connectivity index (χ1) is 17.7. The van der Waals surface area contributed by atoms with E-state index in [1.165, 1.54) is 0 Å². The lowest BCUT2D eigenvalue weighted by molar-refractivity contribution is -0.102. The Labute approximate surface area is 242 Å². The Morgan fingerprint density at radius 3 is 2.24 bits per heavy atom. The molecule has 6 atom stereocenters. The largest absolute Gasteiger partial charge is 0.537 e. The smallest absolute Gasteiger partial charge is 0.372 e. The van der Waals surface area contributed by atoms with Crippen LogP contribution in [0.4, 0.5) is 0 Å². The normalized spacial score (nSPS) is 37.2. The summed E-state index contributed by atoms with van der Waals surface area (Å²) in [5, 5.41) is 0.923. The Kier molecular flexibility index (Phi) is 9.22. The summed E-state index contributed by atoms with van der Waals surface area (Å²) in [6.07, 6.45) is 10.5. The van der Waals surface area contributed by atoms with Crippen LogP contribution in [0.25, 0.3) is 0 Å². The highest BCUT2D eigenvalue weighted by Crippen LogP contribution is 2.44. The van der Waals surface area contributed by atoms with Gasteiger partial charge in [0.25, 0.3) is 0 Å². The van der Waals surface area contributed by atoms with Gasteiger partial charge >= 0.3 is 17.6 Å². The fourth-order valence-electron chi connectivity index (χ4n) is 5.59. The fourth-order valence-corrected chi connectivity index (χ4v) is 13.2. The van der Waals surface area contributed by atoms with Crippen molar-refractivity contribution in [2.24, 2.45) is 5.92 Å². The molecule has 2 saturated heterocycles. The SMILES string of the molecule is CC(CO[Si]1(c2cccc(S)c2)OC(C)CC(C)(C)O1)CO[Si]1(C2(S)C=CC=CC2)OC(C)CC(C)(C)O1. The highest BCUT2D eigenvalue weighted by atomic mass is 32.1. The lowest BCUT2D eigenvalue weighted by Gasteiger charge is -2.51. The minimum Gasteiger partial charge on any atom is -0.372 e. The number of rotatable bonds is 8. The van der Waals surface area contributed by atoms with E-state index in [-0.39, 0.29) is 29.3 Å². The molecular weight excluding hydrogens is 553 g/mol. The van der Waals surface area contributed by atoms with Crippen LogP contribution in [-0.4, -0.2) is 58.6 Å². The summed E-state index contributed by atoms with van der Waals surface area (Å²) in [6.45, 7) is 15.5. The number of allylic oxidation sites excluding steroid dienone is 3. The number of hydrogen-bond acceptors (Lipinski definition) is 8. The van der Waals surface area contributed by atoms with Gasteiger partial charge in [0.05, 0.1) is 11.2 Å². The van der Waals surface area contributed by atoms with Crippen LogP contribution in [0.2, 0.25) is 0 Å². The monoisotopic (exact) mass is 596 g/mol. The molecule has 0 radical (unpaired) electrons. The molecule has 2 heterocycles. The van der Waals surface area contributed by atoms with Crippen LogP contribution in [0.1, 0.15) is 67.7 Å². The van der Waals surface area contributed by atoms with Gasteiger partial charge in [-0.1, -0.05) is 43.4 Å². The first-order valence-electron chi connectivity index (χ1n) is 13.6. The van der Waals surface area contributed by atoms with Crippen molar-refractivity contribution in [2.45, 2.75) is 100 Å². The Morgan fingerprint density at radius 2 is 1.63 bits per heavy atom. The van der Waals surface area contributed by atoms with E-state index in [0.717, 1.165) is 22.9 Å². The molecule has 1 aliphatic carbocycles. The number of thiol groups is 2. The minimum absolute atomic E-state index is 0.0113. The van der Waals surface area contributed by atoms with Crippen LogP contribution in [0.5, 0.6) is 0 Å². The summed E-state index contributed by atoms with van der Waals surface area (Å²) in [5.41, 5.74) is -0.730. The molecule has 4 rings (SSSR count). The molecular formula is C28H44O6S2Si2. The molecule has 6 nitrogen and oxygen atoms in total. The second-order valence-electron chi connectivity index (χ2n) is 12.3. The average Bonchev–Trinajstić information content (AvgIpc) is 2.79. The van der Waals surface area contributed by atoms with Crippen molar-refractivity contribution in [2.75, 3.05) is 13.2 Å². The van der Waals surface area contributed by atoms with Crippen molar-refractivity contribution >= 4 is 48.1 Å². The van der Waals surface area contributed by atoms with E-state index in [1.807, 2.05) is 36.4 Å². The van der Waals surface area contributed by atoms with Gasteiger partial charge in [0.2, 0.25) is 0 Å². The van der Waals surface area contributed by atoms with Crippen molar-refractivity contribution in [3.8, 4) is 0 Å². The molecule has 1 aromatic rings. The molecule has 1 aromatic carbocycles. The van der Waals surface area contributed by atoms with Gasteiger partial charge in [-0.3, -0.25) is 0 Å². The zero-order chi connectivity index (χ0) is 27.8. The highest BCUT2D eigenvalue weighted by Gasteiger charge is 2.63. The highest BCUT2D eigenvalue weighted by molar-refractivity contribution is 7.84. The molecule has 0 amide bonds. The number of hydrogen-bond donors (Lipinski definition) is 2. The Balaban J connectivity index is 1.52. The van der Waals surface area contributed by atoms with Gasteiger partial charge < -0.3 is 26.6 Å². The fraction of sp³-hybridized carbons (Fsp3) is 0.643. The van der Waals surface area contributed by atoms with Gasteiger partial charge in [0, 0.05) is 41.4 Å². The Hall–Kier alpha value is -0.406. The van der Waals surface area contributed by atoms with Crippen LogP contribution in [0, 0.1) is 5.92 Å². The molecule has 10 heteroatoms. The summed E-state index contributed by atoms with van der Waals surface area (Å²) in [6, 6.07) is 7.92. The Morgan fingerprint density at radius 1 is 0.974 bits per heavy atom. The molecule has 38 heavy (non-hydrogen) atoms. The zero-order valence-corrected chi connectivity index (χ0v) is 27.5. The quantitative estimate of drug-likeness (QED) is 0.298. The van der Waals surface area contributed by atoms with Crippen LogP contribution < -0.4 is 5.19 Å². The molecule has 0 aromatic heterocycles. The molecule has 212 valence electrons. The van der Waals surface area contributed by atoms with Crippen molar-refractivity contribution < 1.29 is 26.6 Å². The summed E-state index contributed by atoms with van der Waals surface area (Å²) in [5.74, 6) is 0.0306. The third kappa shape index (κ3) is 6.90. The van der Waals surface area contributed by atoms with Crippen LogP contribution in [0.15, 0.2) is 53.5 Å². The third-order valence-corrected chi connectivity index (χ3v) is 15.0. The molecule has 2 aliphatic heterocycles. The van der Waals surface area contributed by atoms with Crippen LogP contribution >= 0.6 is 25.3 Å². The van der Waals surface area contributed by atoms with Crippen molar-refractivity contribution in [3.05, 3.63) is 48.6 Å². The lowest BCUT2D eigenvalue weighted by Crippen LogP contribution is -2.69. The molecule has 3 aliphatic rings. The van der Waals surface area contributed by atoms with Gasteiger partial charge in [-0.05, 0) is 72.9 Å². The summed E-state index contributed by atoms with van der Waals surface area (Å²) < 4.78 is 39.2. The maximum atomic E-state index is 6.72. The average molecular weight is 597 g/mol. The van der Waals surface area contributed by atoms with Gasteiger partial charge in [-0.2, -0.15) is 12.6 Å². The molecule has 0 saturated carbocycles. The van der Waals surface area contributed by atoms with E-state index in [1.54, 1.807) is 0 Å². The summed E-state index contributed by atoms with van der Waals surface area (Å²) in [7, 11) is -6.46. The topological polar surface area (TPSA) is 55.4 Å². The second-order valence-corrected chi connectivity index (χ2v) is 19.2. The standard InChI is InChI=1S/C28H44O6S2Si2/c1-21(19-29-37(25-13-11-12-24(35)16-25)31-22(2)17-26(4,5)33-37)20-30-38(28(36)14-9-8-10-15-28)32-23(3)18-27(6,7)34-38/h8-14,16,21-23,35-36H,15,17-20H2,1-7H3. The maximum Gasteiger partial charge on any atom is 0.537 e. The first kappa shape index (κ1) is 30.6. The van der Waals surface area contributed by atoms with Gasteiger partial charge in [0.1, 0.15) is 4.37 Å². The van der Waals surface area contributed by atoms with E-state index >= 15 is 0 Å². The van der Waals surface area contributed by atoms with E-state index in [2.05, 4.69) is 73.2 Å². The molecule has 6 unspecified atom stereocenters. The van der Waals surface area contributed by atoms with Crippen molar-refractivity contribution in [1.29, 1.82) is 0 Å². The summed E-state index contributed by atoms with van der Waals surface area (Å²) in [4.78, 5) is 0.850. The molecule has 2 fully saturated rings. The van der Waals surface area contributed by atoms with Gasteiger partial charge in [0.15, 0.2) is 0 Å². The molecule has 0 N–H and O–H groups in total. The third-order valence-electron chi connectivity index (χ3n) is 6.99. The van der Waals surface area contributed by atoms with E-state index in [9.17, 15) is 0 Å².